The molecule has 7 N–H and O–H groups in total. The van der Waals surface area contributed by atoms with E-state index in [-0.39, 0.29) is 31.6 Å². The number of hydrogen-bond acceptors (Lipinski definition) is 5. The number of nitrogens with two attached hydrogens (primary N) is 3. The Kier molecular flexibility index (Phi) is 5.64. The quantitative estimate of drug-likeness (QED) is 0.457. The second kappa shape index (κ2) is 6.81. The summed E-state index contributed by atoms with van der Waals surface area (Å²) in [6, 6.07) is -0.965. The topological polar surface area (TPSA) is 150 Å². The molecule has 1 aliphatic carbocycles. The van der Waals surface area contributed by atoms with E-state index >= 15 is 0 Å². The molecule has 7 nitrogen and oxygen atoms in total. The highest BCUT2D eigenvalue weighted by molar-refractivity contribution is 6.05. The molecule has 7 heteroatoms. The fourth-order valence-electron chi connectivity index (χ4n) is 2.76. The van der Waals surface area contributed by atoms with E-state index in [0.717, 1.165) is 0 Å². The number of carbonyl (C=O) groups excluding carboxylic acids is 2. The van der Waals surface area contributed by atoms with Crippen LogP contribution >= 0.6 is 0 Å². The first kappa shape index (κ1) is 16.6. The Morgan fingerprint density at radius 1 is 1.25 bits per heavy atom. The largest absolute Gasteiger partial charge is 0.480 e. The lowest BCUT2D eigenvalue weighted by molar-refractivity contribution is -0.158. The maximum Gasteiger partial charge on any atom is 0.317 e. The summed E-state index contributed by atoms with van der Waals surface area (Å²) in [7, 11) is 0. The van der Waals surface area contributed by atoms with Gasteiger partial charge in [-0.15, -0.1) is 0 Å². The van der Waals surface area contributed by atoms with Crippen LogP contribution in [0.15, 0.2) is 0 Å². The summed E-state index contributed by atoms with van der Waals surface area (Å²) >= 11 is 0. The first-order chi connectivity index (χ1) is 9.33. The lowest BCUT2D eigenvalue weighted by Gasteiger charge is -2.36. The van der Waals surface area contributed by atoms with Gasteiger partial charge in [-0.3, -0.25) is 14.4 Å². The summed E-state index contributed by atoms with van der Waals surface area (Å²) in [5, 5.41) is 9.45. The number of carboxylic acids is 1. The molecule has 0 bridgehead atoms. The lowest BCUT2D eigenvalue weighted by atomic mass is 9.66. The van der Waals surface area contributed by atoms with Crippen LogP contribution in [0, 0.1) is 11.3 Å². The van der Waals surface area contributed by atoms with Crippen LogP contribution < -0.4 is 17.2 Å². The van der Waals surface area contributed by atoms with Gasteiger partial charge in [0.2, 0.25) is 5.91 Å². The molecule has 0 saturated heterocycles. The van der Waals surface area contributed by atoms with Crippen molar-refractivity contribution in [2.75, 3.05) is 6.54 Å². The number of primary amides is 1. The molecule has 0 aromatic heterocycles. The number of hydrogen-bond donors (Lipinski definition) is 4. The molecule has 20 heavy (non-hydrogen) atoms. The van der Waals surface area contributed by atoms with Gasteiger partial charge in [0.25, 0.3) is 0 Å². The van der Waals surface area contributed by atoms with Gasteiger partial charge >= 0.3 is 5.97 Å². The van der Waals surface area contributed by atoms with E-state index in [0.29, 0.717) is 19.4 Å². The molecule has 1 rings (SSSR count). The Labute approximate surface area is 117 Å². The Morgan fingerprint density at radius 3 is 2.20 bits per heavy atom. The molecule has 0 spiro atoms. The molecular formula is C13H23N3O4. The molecule has 0 unspecified atom stereocenters. The third-order valence-electron chi connectivity index (χ3n) is 4.21. The highest BCUT2D eigenvalue weighted by atomic mass is 16.4. The third kappa shape index (κ3) is 3.55. The van der Waals surface area contributed by atoms with E-state index in [1.54, 1.807) is 0 Å². The van der Waals surface area contributed by atoms with Gasteiger partial charge in [0.05, 0.1) is 6.04 Å². The molecule has 114 valence electrons. The maximum atomic E-state index is 12.4. The molecular weight excluding hydrogens is 262 g/mol. The summed E-state index contributed by atoms with van der Waals surface area (Å²) < 4.78 is 0. The van der Waals surface area contributed by atoms with Crippen molar-refractivity contribution in [2.45, 2.75) is 44.6 Å². The number of Topliss-reactive ketones (excluding diaryl/α,β-unsaturated/α-hetero) is 1. The van der Waals surface area contributed by atoms with E-state index in [4.69, 9.17) is 17.2 Å². The number of aliphatic carboxylic acids is 1. The van der Waals surface area contributed by atoms with Crippen LogP contribution in [0.5, 0.6) is 0 Å². The minimum atomic E-state index is -1.43. The van der Waals surface area contributed by atoms with Crippen molar-refractivity contribution in [2.24, 2.45) is 28.5 Å². The summed E-state index contributed by atoms with van der Waals surface area (Å²) in [5.41, 5.74) is 14.9. The molecule has 1 saturated carbocycles. The first-order valence-corrected chi connectivity index (χ1v) is 6.85. The predicted octanol–water partition coefficient (Wildman–Crippen LogP) is -0.632. The van der Waals surface area contributed by atoms with E-state index in [2.05, 4.69) is 0 Å². The Bertz CT molecular complexity index is 389. The Hall–Kier alpha value is -1.47. The van der Waals surface area contributed by atoms with Gasteiger partial charge in [-0.2, -0.15) is 0 Å². The predicted molar refractivity (Wildman–Crippen MR) is 72.5 cm³/mol. The summed E-state index contributed by atoms with van der Waals surface area (Å²) in [4.78, 5) is 34.7. The second-order valence-electron chi connectivity index (χ2n) is 5.54. The first-order valence-electron chi connectivity index (χ1n) is 6.85. The SMILES string of the molecule is NCC1CCC(C(=O)O)(C(=O)[C@@H](N)CCC(N)=O)CC1. The average molecular weight is 285 g/mol. The summed E-state index contributed by atoms with van der Waals surface area (Å²) in [5.74, 6) is -1.92. The normalized spacial score (nSPS) is 27.8. The maximum absolute atomic E-state index is 12.4. The number of carboxylic acid groups (broad SMARTS) is 1. The van der Waals surface area contributed by atoms with Crippen LogP contribution in [0.2, 0.25) is 0 Å². The van der Waals surface area contributed by atoms with Crippen LogP contribution in [0.4, 0.5) is 0 Å². The molecule has 1 fully saturated rings. The van der Waals surface area contributed by atoms with Crippen molar-refractivity contribution in [1.29, 1.82) is 0 Å². The van der Waals surface area contributed by atoms with Crippen LogP contribution in [0.25, 0.3) is 0 Å². The molecule has 0 aromatic rings. The molecule has 1 amide bonds. The van der Waals surface area contributed by atoms with Crippen molar-refractivity contribution in [1.82, 2.24) is 0 Å². The van der Waals surface area contributed by atoms with Crippen molar-refractivity contribution in [3.8, 4) is 0 Å². The molecule has 0 aliphatic heterocycles. The van der Waals surface area contributed by atoms with Crippen molar-refractivity contribution < 1.29 is 19.5 Å². The number of amides is 1. The minimum Gasteiger partial charge on any atom is -0.480 e. The van der Waals surface area contributed by atoms with E-state index in [1.807, 2.05) is 0 Å². The smallest absolute Gasteiger partial charge is 0.317 e. The van der Waals surface area contributed by atoms with Gasteiger partial charge in [0.15, 0.2) is 5.78 Å². The van der Waals surface area contributed by atoms with Gasteiger partial charge in [0, 0.05) is 6.42 Å². The monoisotopic (exact) mass is 285 g/mol. The van der Waals surface area contributed by atoms with E-state index in [1.165, 1.54) is 0 Å². The van der Waals surface area contributed by atoms with Gasteiger partial charge in [-0.05, 0) is 44.6 Å². The average Bonchev–Trinajstić information content (AvgIpc) is 2.43. The highest BCUT2D eigenvalue weighted by Gasteiger charge is 2.49. The van der Waals surface area contributed by atoms with E-state index < -0.39 is 29.1 Å². The van der Waals surface area contributed by atoms with Gasteiger partial charge < -0.3 is 22.3 Å². The van der Waals surface area contributed by atoms with Gasteiger partial charge in [-0.25, -0.2) is 0 Å². The minimum absolute atomic E-state index is 0.0198. The van der Waals surface area contributed by atoms with Gasteiger partial charge in [-0.1, -0.05) is 0 Å². The Balaban J connectivity index is 2.78. The molecule has 1 aliphatic rings. The van der Waals surface area contributed by atoms with Crippen molar-refractivity contribution in [3.05, 3.63) is 0 Å². The number of rotatable bonds is 7. The number of ketones is 1. The molecule has 0 aromatic carbocycles. The fraction of sp³-hybridized carbons (Fsp3) is 0.769. The van der Waals surface area contributed by atoms with Gasteiger partial charge in [0.1, 0.15) is 5.41 Å². The molecule has 0 radical (unpaired) electrons. The summed E-state index contributed by atoms with van der Waals surface area (Å²) in [6.07, 6.45) is 1.80. The van der Waals surface area contributed by atoms with Crippen LogP contribution in [0.3, 0.4) is 0 Å². The Morgan fingerprint density at radius 2 is 1.80 bits per heavy atom. The van der Waals surface area contributed by atoms with Crippen molar-refractivity contribution >= 4 is 17.7 Å². The standard InChI is InChI=1S/C13H23N3O4/c14-7-8-3-5-13(6-4-8,12(19)20)11(18)9(15)1-2-10(16)17/h8-9H,1-7,14-15H2,(H2,16,17)(H,19,20)/t8?,9-,13?/m0/s1. The second-order valence-corrected chi connectivity index (χ2v) is 5.54. The van der Waals surface area contributed by atoms with Crippen molar-refractivity contribution in [3.63, 3.8) is 0 Å². The van der Waals surface area contributed by atoms with Crippen LogP contribution in [-0.2, 0) is 14.4 Å². The zero-order valence-corrected chi connectivity index (χ0v) is 11.5. The third-order valence-corrected chi connectivity index (χ3v) is 4.21. The lowest BCUT2D eigenvalue weighted by Crippen LogP contribution is -2.50. The fourth-order valence-corrected chi connectivity index (χ4v) is 2.76. The van der Waals surface area contributed by atoms with E-state index in [9.17, 15) is 19.5 Å². The zero-order valence-electron chi connectivity index (χ0n) is 11.5. The number of carbonyl (C=O) groups is 3. The van der Waals surface area contributed by atoms with Crippen LogP contribution in [-0.4, -0.2) is 35.4 Å². The highest BCUT2D eigenvalue weighted by Crippen LogP contribution is 2.40. The zero-order chi connectivity index (χ0) is 15.3. The molecule has 0 heterocycles. The van der Waals surface area contributed by atoms with Crippen LogP contribution in [0.1, 0.15) is 38.5 Å². The summed E-state index contributed by atoms with van der Waals surface area (Å²) in [6.45, 7) is 0.498. The molecule has 1 atom stereocenters.